The van der Waals surface area contributed by atoms with Crippen LogP contribution in [0.25, 0.3) is 0 Å². The lowest BCUT2D eigenvalue weighted by atomic mass is 10.1. The van der Waals surface area contributed by atoms with Crippen molar-refractivity contribution in [1.29, 1.82) is 0 Å². The van der Waals surface area contributed by atoms with Crippen molar-refractivity contribution < 1.29 is 9.84 Å². The minimum atomic E-state index is -0.593. The summed E-state index contributed by atoms with van der Waals surface area (Å²) in [5.74, 6) is 0. The van der Waals surface area contributed by atoms with Gasteiger partial charge in [-0.25, -0.2) is 0 Å². The Labute approximate surface area is 110 Å². The molecule has 5 heteroatoms. The number of morpholine rings is 1. The fourth-order valence-corrected chi connectivity index (χ4v) is 3.92. The Bertz CT molecular complexity index is 398. The maximum atomic E-state index is 10.3. The van der Waals surface area contributed by atoms with Gasteiger partial charge in [0.05, 0.1) is 16.5 Å². The number of halogens is 1. The van der Waals surface area contributed by atoms with Crippen LogP contribution in [0.2, 0.25) is 5.02 Å². The monoisotopic (exact) mass is 273 g/mol. The standard InChI is InChI=1S/C12H16ClNO2S/c13-9-3-5-17-12(9)11(15)10-6-14-4-1-2-8(14)7-16-10/h3,5,8,10-11,15H,1-2,4,6-7H2. The molecule has 1 N–H and O–H groups in total. The first kappa shape index (κ1) is 11.9. The van der Waals surface area contributed by atoms with Crippen molar-refractivity contribution in [3.63, 3.8) is 0 Å². The van der Waals surface area contributed by atoms with E-state index in [1.807, 2.05) is 11.4 Å². The van der Waals surface area contributed by atoms with E-state index in [1.165, 1.54) is 24.2 Å². The van der Waals surface area contributed by atoms with Crippen LogP contribution in [0.4, 0.5) is 0 Å². The molecule has 1 aromatic rings. The van der Waals surface area contributed by atoms with E-state index in [0.29, 0.717) is 11.1 Å². The topological polar surface area (TPSA) is 32.7 Å². The third-order valence-corrected chi connectivity index (χ3v) is 5.11. The molecule has 0 aliphatic carbocycles. The number of fused-ring (bicyclic) bond motifs is 1. The van der Waals surface area contributed by atoms with Crippen LogP contribution < -0.4 is 0 Å². The van der Waals surface area contributed by atoms with Crippen molar-refractivity contribution in [1.82, 2.24) is 4.90 Å². The maximum Gasteiger partial charge on any atom is 0.117 e. The van der Waals surface area contributed by atoms with Gasteiger partial charge in [-0.05, 0) is 30.8 Å². The average molecular weight is 274 g/mol. The van der Waals surface area contributed by atoms with E-state index in [1.54, 1.807) is 0 Å². The first-order chi connectivity index (χ1) is 8.25. The molecule has 0 amide bonds. The molecular formula is C12H16ClNO2S. The van der Waals surface area contributed by atoms with Crippen LogP contribution in [-0.2, 0) is 4.74 Å². The molecular weight excluding hydrogens is 258 g/mol. The van der Waals surface area contributed by atoms with Crippen molar-refractivity contribution in [2.45, 2.75) is 31.1 Å². The number of rotatable bonds is 2. The van der Waals surface area contributed by atoms with Gasteiger partial charge >= 0.3 is 0 Å². The normalized spacial score (nSPS) is 31.4. The average Bonchev–Trinajstić information content (AvgIpc) is 2.95. The number of hydrogen-bond acceptors (Lipinski definition) is 4. The van der Waals surface area contributed by atoms with E-state index in [2.05, 4.69) is 4.90 Å². The number of thiophene rings is 1. The largest absolute Gasteiger partial charge is 0.385 e. The van der Waals surface area contributed by atoms with Crippen LogP contribution in [0.5, 0.6) is 0 Å². The lowest BCUT2D eigenvalue weighted by molar-refractivity contribution is -0.102. The second kappa shape index (κ2) is 4.86. The molecule has 2 fully saturated rings. The number of nitrogens with zero attached hydrogens (tertiary/aromatic N) is 1. The van der Waals surface area contributed by atoms with Gasteiger partial charge in [-0.15, -0.1) is 11.3 Å². The van der Waals surface area contributed by atoms with Crippen LogP contribution in [-0.4, -0.2) is 41.8 Å². The Kier molecular flexibility index (Phi) is 3.41. The van der Waals surface area contributed by atoms with Crippen LogP contribution in [0.15, 0.2) is 11.4 Å². The number of hydrogen-bond donors (Lipinski definition) is 1. The van der Waals surface area contributed by atoms with Crippen molar-refractivity contribution in [2.24, 2.45) is 0 Å². The molecule has 2 aliphatic heterocycles. The van der Waals surface area contributed by atoms with E-state index >= 15 is 0 Å². The molecule has 1 aromatic heterocycles. The summed E-state index contributed by atoms with van der Waals surface area (Å²) in [5, 5.41) is 12.9. The predicted molar refractivity (Wildman–Crippen MR) is 68.6 cm³/mol. The van der Waals surface area contributed by atoms with Crippen LogP contribution in [0.1, 0.15) is 23.8 Å². The van der Waals surface area contributed by atoms with Gasteiger partial charge in [0.2, 0.25) is 0 Å². The lowest BCUT2D eigenvalue weighted by Gasteiger charge is -2.37. The molecule has 3 unspecified atom stereocenters. The van der Waals surface area contributed by atoms with E-state index in [-0.39, 0.29) is 6.10 Å². The molecule has 94 valence electrons. The van der Waals surface area contributed by atoms with Crippen molar-refractivity contribution >= 4 is 22.9 Å². The van der Waals surface area contributed by atoms with E-state index in [0.717, 1.165) is 24.6 Å². The van der Waals surface area contributed by atoms with Crippen molar-refractivity contribution in [2.75, 3.05) is 19.7 Å². The zero-order valence-electron chi connectivity index (χ0n) is 9.51. The molecule has 17 heavy (non-hydrogen) atoms. The number of ether oxygens (including phenoxy) is 1. The van der Waals surface area contributed by atoms with Gasteiger partial charge in [0.1, 0.15) is 12.2 Å². The first-order valence-corrected chi connectivity index (χ1v) is 7.28. The molecule has 0 saturated carbocycles. The van der Waals surface area contributed by atoms with Gasteiger partial charge in [0, 0.05) is 12.6 Å². The van der Waals surface area contributed by atoms with Gasteiger partial charge in [0.15, 0.2) is 0 Å². The minimum Gasteiger partial charge on any atom is -0.385 e. The minimum absolute atomic E-state index is 0.138. The van der Waals surface area contributed by atoms with Crippen LogP contribution >= 0.6 is 22.9 Å². The smallest absolute Gasteiger partial charge is 0.117 e. The second-order valence-corrected chi connectivity index (χ2v) is 6.10. The summed E-state index contributed by atoms with van der Waals surface area (Å²) in [5.41, 5.74) is 0. The Hall–Kier alpha value is -0.130. The summed E-state index contributed by atoms with van der Waals surface area (Å²) in [6.45, 7) is 2.69. The van der Waals surface area contributed by atoms with Crippen molar-refractivity contribution in [3.05, 3.63) is 21.3 Å². The summed E-state index contributed by atoms with van der Waals surface area (Å²) in [4.78, 5) is 3.26. The summed E-state index contributed by atoms with van der Waals surface area (Å²) in [7, 11) is 0. The highest BCUT2D eigenvalue weighted by Gasteiger charge is 2.36. The zero-order valence-corrected chi connectivity index (χ0v) is 11.1. The van der Waals surface area contributed by atoms with Gasteiger partial charge in [-0.3, -0.25) is 4.90 Å². The second-order valence-electron chi connectivity index (χ2n) is 4.74. The maximum absolute atomic E-state index is 10.3. The molecule has 0 spiro atoms. The molecule has 3 nitrogen and oxygen atoms in total. The first-order valence-electron chi connectivity index (χ1n) is 6.02. The molecule has 2 aliphatic rings. The molecule has 0 radical (unpaired) electrons. The Morgan fingerprint density at radius 3 is 3.24 bits per heavy atom. The fraction of sp³-hybridized carbons (Fsp3) is 0.667. The molecule has 3 heterocycles. The highest BCUT2D eigenvalue weighted by Crippen LogP contribution is 2.34. The predicted octanol–water partition coefficient (Wildman–Crippen LogP) is 2.30. The number of aliphatic hydroxyl groups excluding tert-OH is 1. The molecule has 0 aromatic carbocycles. The molecule has 3 atom stereocenters. The van der Waals surface area contributed by atoms with Gasteiger partial charge in [-0.2, -0.15) is 0 Å². The zero-order chi connectivity index (χ0) is 11.8. The van der Waals surface area contributed by atoms with E-state index < -0.39 is 6.10 Å². The summed E-state index contributed by atoms with van der Waals surface area (Å²) in [6, 6.07) is 2.39. The SMILES string of the molecule is OC(c1sccc1Cl)C1CN2CCCC2CO1. The third-order valence-electron chi connectivity index (χ3n) is 3.68. The summed E-state index contributed by atoms with van der Waals surface area (Å²) < 4.78 is 5.79. The molecule has 0 bridgehead atoms. The molecule has 3 rings (SSSR count). The highest BCUT2D eigenvalue weighted by molar-refractivity contribution is 7.10. The highest BCUT2D eigenvalue weighted by atomic mass is 35.5. The van der Waals surface area contributed by atoms with Gasteiger partial charge in [-0.1, -0.05) is 11.6 Å². The lowest BCUT2D eigenvalue weighted by Crippen LogP contribution is -2.48. The fourth-order valence-electron chi connectivity index (χ4n) is 2.72. The van der Waals surface area contributed by atoms with Crippen LogP contribution in [0.3, 0.4) is 0 Å². The molecule has 2 saturated heterocycles. The van der Waals surface area contributed by atoms with E-state index in [4.69, 9.17) is 16.3 Å². The summed E-state index contributed by atoms with van der Waals surface area (Å²) in [6.07, 6.45) is 1.74. The van der Waals surface area contributed by atoms with E-state index in [9.17, 15) is 5.11 Å². The Morgan fingerprint density at radius 2 is 2.47 bits per heavy atom. The Morgan fingerprint density at radius 1 is 1.59 bits per heavy atom. The van der Waals surface area contributed by atoms with Crippen molar-refractivity contribution in [3.8, 4) is 0 Å². The van der Waals surface area contributed by atoms with Gasteiger partial charge in [0.25, 0.3) is 0 Å². The Balaban J connectivity index is 1.71. The van der Waals surface area contributed by atoms with Crippen LogP contribution in [0, 0.1) is 0 Å². The summed E-state index contributed by atoms with van der Waals surface area (Å²) >= 11 is 7.54. The third kappa shape index (κ3) is 2.25. The van der Waals surface area contributed by atoms with Gasteiger partial charge < -0.3 is 9.84 Å². The number of aliphatic hydroxyl groups is 1. The quantitative estimate of drug-likeness (QED) is 0.898.